The molecule has 0 saturated carbocycles. The zero-order valence-electron chi connectivity index (χ0n) is 34.0. The normalized spacial score (nSPS) is 15.1. The summed E-state index contributed by atoms with van der Waals surface area (Å²) in [4.78, 5) is 0. The zero-order valence-corrected chi connectivity index (χ0v) is 49.4. The Morgan fingerprint density at radius 3 is 0.369 bits per heavy atom. The van der Waals surface area contributed by atoms with Gasteiger partial charge in [-0.3, -0.25) is 0 Å². The van der Waals surface area contributed by atoms with Gasteiger partial charge < -0.3 is 0 Å². The van der Waals surface area contributed by atoms with Crippen LogP contribution in [0.4, 0.5) is 0 Å². The molecule has 334 valence electrons. The molecule has 0 N–H and O–H groups in total. The summed E-state index contributed by atoms with van der Waals surface area (Å²) in [5.41, 5.74) is -13.6. The molecule has 65 heavy (non-hydrogen) atoms. The fourth-order valence-corrected chi connectivity index (χ4v) is 247. The van der Waals surface area contributed by atoms with Gasteiger partial charge in [0.05, 0.1) is 0 Å². The summed E-state index contributed by atoms with van der Waals surface area (Å²) in [5, 5.41) is 29.3. The molecule has 0 nitrogen and oxygen atoms in total. The molecule has 0 saturated heterocycles. The van der Waals surface area contributed by atoms with Crippen LogP contribution in [0.15, 0.2) is 210 Å². The maximum atomic E-state index is 2.66. The van der Waals surface area contributed by atoms with Gasteiger partial charge in [0.2, 0.25) is 0 Å². The van der Waals surface area contributed by atoms with Crippen molar-refractivity contribution in [1.82, 2.24) is 0 Å². The van der Waals surface area contributed by atoms with E-state index in [9.17, 15) is 0 Å². The molecule has 0 aliphatic carbocycles. The van der Waals surface area contributed by atoms with Crippen LogP contribution >= 0.6 is 158 Å². The fourth-order valence-electron chi connectivity index (χ4n) is 9.52. The van der Waals surface area contributed by atoms with Crippen molar-refractivity contribution in [3.05, 3.63) is 210 Å². The van der Waals surface area contributed by atoms with E-state index in [0.717, 1.165) is 0 Å². The minimum absolute atomic E-state index is 1.64. The number of rotatable bonds is 16. The molecular weight excluding hydrogens is 1190 g/mol. The summed E-state index contributed by atoms with van der Waals surface area (Å²) in [6.07, 6.45) is 0. The van der Waals surface area contributed by atoms with Gasteiger partial charge in [-0.1, -0.05) is 0 Å². The second-order valence-electron chi connectivity index (χ2n) is 14.7. The Balaban J connectivity index is 1.58. The summed E-state index contributed by atoms with van der Waals surface area (Å²) in [5.74, 6) is 0. The van der Waals surface area contributed by atoms with Crippen molar-refractivity contribution in [3.8, 4) is 0 Å². The van der Waals surface area contributed by atoms with Gasteiger partial charge in [-0.15, -0.1) is 0 Å². The Morgan fingerprint density at radius 2 is 0.292 bits per heavy atom. The fraction of sp³-hybridized carbons (Fsp3) is 0. The van der Waals surface area contributed by atoms with Crippen molar-refractivity contribution < 1.29 is 13.6 Å². The minimum atomic E-state index is -3.95. The van der Waals surface area contributed by atoms with E-state index in [2.05, 4.69) is 346 Å². The van der Waals surface area contributed by atoms with Crippen LogP contribution in [0.1, 0.15) is 0 Å². The van der Waals surface area contributed by atoms with E-state index < -0.39 is 35.4 Å². The molecule has 17 heteroatoms. The Labute approximate surface area is 431 Å². The van der Waals surface area contributed by atoms with Crippen LogP contribution in [0.3, 0.4) is 0 Å². The Hall–Kier alpha value is -1.22. The van der Waals surface area contributed by atoms with Crippen molar-refractivity contribution >= 4 is 213 Å². The maximum absolute atomic E-state index is 3.95. The summed E-state index contributed by atoms with van der Waals surface area (Å²) in [6.45, 7) is 0. The number of hydrogen-bond acceptors (Lipinski definition) is 12. The van der Waals surface area contributed by atoms with E-state index in [1.807, 2.05) is 0 Å². The van der Waals surface area contributed by atoms with Gasteiger partial charge in [-0.25, -0.2) is 0 Å². The molecule has 0 atom stereocenters. The molecule has 0 aliphatic heterocycles. The van der Waals surface area contributed by atoms with Crippen molar-refractivity contribution in [2.24, 2.45) is 0 Å². The van der Waals surface area contributed by atoms with Crippen LogP contribution in [0.25, 0.3) is 0 Å². The van der Waals surface area contributed by atoms with E-state index in [0.29, 0.717) is 0 Å². The third-order valence-electron chi connectivity index (χ3n) is 11.6. The molecule has 12 aromatic rings. The third kappa shape index (κ3) is 6.37. The summed E-state index contributed by atoms with van der Waals surface area (Å²) in [6, 6.07) is 60.9. The Kier molecular flexibility index (Phi) is 13.0. The van der Waals surface area contributed by atoms with E-state index in [1.54, 1.807) is 55.4 Å². The van der Waals surface area contributed by atoms with Crippen LogP contribution in [-0.4, -0.2) is 0 Å². The third-order valence-corrected chi connectivity index (χ3v) is 143. The van der Waals surface area contributed by atoms with Gasteiger partial charge in [0.15, 0.2) is 0 Å². The SMILES string of the molecule is c1csc([PH](c2cccs2)(c2cccs2)[Pd]([PH](c2cccs2)(c2cccs2)c2cccs2)([PH](c2cccs2)(c2cccs2)c2cccs2)[PH](c2cccs2)(c2cccs2)c2cccs2)c1. The van der Waals surface area contributed by atoms with Gasteiger partial charge >= 0.3 is 437 Å². The molecule has 0 aliphatic rings. The van der Waals surface area contributed by atoms with Crippen LogP contribution in [0.5, 0.6) is 0 Å². The van der Waals surface area contributed by atoms with Crippen molar-refractivity contribution in [1.29, 1.82) is 0 Å². The second kappa shape index (κ2) is 18.8. The van der Waals surface area contributed by atoms with Crippen molar-refractivity contribution in [2.45, 2.75) is 0 Å². The first kappa shape index (κ1) is 45.0. The molecule has 0 radical (unpaired) electrons. The molecule has 0 aromatic carbocycles. The molecule has 12 heterocycles. The van der Waals surface area contributed by atoms with Crippen LogP contribution in [-0.2, 0) is 13.6 Å². The van der Waals surface area contributed by atoms with Gasteiger partial charge in [-0.2, -0.15) is 0 Å². The van der Waals surface area contributed by atoms with Crippen LogP contribution in [0, 0.1) is 0 Å². The predicted molar refractivity (Wildman–Crippen MR) is 321 cm³/mol. The standard InChI is InChI=1S/4C12H9PS3.Pd/c4*1-4-10(14-7-1)13(11-5-2-8-15-11)12-6-3-9-16-12;/h4*1-9H;/q;;;;-4/p+4. The van der Waals surface area contributed by atoms with Gasteiger partial charge in [0.25, 0.3) is 0 Å². The van der Waals surface area contributed by atoms with Gasteiger partial charge in [0.1, 0.15) is 0 Å². The molecule has 0 fully saturated rings. The average Bonchev–Trinajstić information content (AvgIpc) is 4.18. The molecule has 12 rings (SSSR count). The van der Waals surface area contributed by atoms with E-state index in [4.69, 9.17) is 0 Å². The molecule has 0 unspecified atom stereocenters. The molecule has 12 aromatic heterocycles. The van der Waals surface area contributed by atoms with Gasteiger partial charge in [0, 0.05) is 0 Å². The average molecular weight is 1230 g/mol. The quantitative estimate of drug-likeness (QED) is 0.0668. The number of hydrogen-bond donors (Lipinski definition) is 0. The summed E-state index contributed by atoms with van der Waals surface area (Å²) < 4.78 is 19.7. The summed E-state index contributed by atoms with van der Waals surface area (Å²) in [7, 11) is 0. The van der Waals surface area contributed by atoms with E-state index >= 15 is 0 Å². The Morgan fingerprint density at radius 1 is 0.185 bits per heavy atom. The number of thiophene rings is 12. The topological polar surface area (TPSA) is 0 Å². The molecule has 0 amide bonds. The van der Waals surface area contributed by atoms with Crippen molar-refractivity contribution in [2.75, 3.05) is 0 Å². The van der Waals surface area contributed by atoms with Crippen LogP contribution in [0.2, 0.25) is 0 Å². The molecular formula is C48H40P4PdS12. The first-order valence-corrected chi connectivity index (χ1v) is 47.5. The van der Waals surface area contributed by atoms with Gasteiger partial charge in [-0.05, 0) is 0 Å². The van der Waals surface area contributed by atoms with Crippen LogP contribution < -0.4 is 55.4 Å². The second-order valence-corrected chi connectivity index (χ2v) is 80.5. The first-order chi connectivity index (χ1) is 32.3. The van der Waals surface area contributed by atoms with Crippen molar-refractivity contribution in [3.63, 3.8) is 0 Å². The molecule has 0 spiro atoms. The zero-order chi connectivity index (χ0) is 43.4. The van der Waals surface area contributed by atoms with E-state index in [-0.39, 0.29) is 0 Å². The monoisotopic (exact) mass is 1230 g/mol. The summed E-state index contributed by atoms with van der Waals surface area (Å²) >= 11 is 21.1. The predicted octanol–water partition coefficient (Wildman–Crippen LogP) is 13.4. The Bertz CT molecular complexity index is 2460. The van der Waals surface area contributed by atoms with E-state index in [1.165, 1.54) is 0 Å². The first-order valence-electron chi connectivity index (χ1n) is 20.4. The molecule has 0 bridgehead atoms.